The van der Waals surface area contributed by atoms with Gasteiger partial charge in [0.15, 0.2) is 0 Å². The van der Waals surface area contributed by atoms with Gasteiger partial charge in [-0.1, -0.05) is 38.5 Å². The second-order valence-corrected chi connectivity index (χ2v) is 7.18. The van der Waals surface area contributed by atoms with Crippen LogP contribution in [-0.4, -0.2) is 51.9 Å². The molecule has 0 saturated heterocycles. The molecule has 2 heterocycles. The van der Waals surface area contributed by atoms with E-state index in [1.54, 1.807) is 11.0 Å². The summed E-state index contributed by atoms with van der Waals surface area (Å²) in [5, 5.41) is 14.3. The number of fused-ring (bicyclic) bond motifs is 1. The largest absolute Gasteiger partial charge is 0.395 e. The number of rotatable bonds is 6. The number of para-hydroxylation sites is 1. The maximum atomic E-state index is 13.3. The highest BCUT2D eigenvalue weighted by atomic mass is 16.3. The number of aromatic nitrogens is 1. The lowest BCUT2D eigenvalue weighted by atomic mass is 9.96. The molecular formula is C21H26N4O4. The topological polar surface area (TPSA) is 115 Å². The minimum atomic E-state index is -0.630. The highest BCUT2D eigenvalue weighted by Crippen LogP contribution is 2.28. The summed E-state index contributed by atoms with van der Waals surface area (Å²) < 4.78 is 0. The van der Waals surface area contributed by atoms with E-state index >= 15 is 0 Å². The molecule has 0 fully saturated rings. The normalized spacial score (nSPS) is 17.1. The van der Waals surface area contributed by atoms with Crippen LogP contribution in [-0.2, 0) is 11.3 Å². The van der Waals surface area contributed by atoms with Crippen molar-refractivity contribution in [3.63, 3.8) is 0 Å². The van der Waals surface area contributed by atoms with Crippen molar-refractivity contribution in [2.75, 3.05) is 18.5 Å². The van der Waals surface area contributed by atoms with Crippen LogP contribution in [0.3, 0.4) is 0 Å². The van der Waals surface area contributed by atoms with Crippen LogP contribution in [0.1, 0.15) is 46.8 Å². The molecule has 2 atom stereocenters. The van der Waals surface area contributed by atoms with Gasteiger partial charge in [-0.05, 0) is 29.7 Å². The zero-order chi connectivity index (χ0) is 21.0. The van der Waals surface area contributed by atoms with Crippen molar-refractivity contribution in [3.8, 4) is 0 Å². The first-order valence-electron chi connectivity index (χ1n) is 9.74. The van der Waals surface area contributed by atoms with Gasteiger partial charge in [0.25, 0.3) is 11.8 Å². The number of nitrogens with zero attached hydrogens (tertiary/aromatic N) is 1. The van der Waals surface area contributed by atoms with Gasteiger partial charge in [0.2, 0.25) is 5.91 Å². The lowest BCUT2D eigenvalue weighted by Crippen LogP contribution is -2.49. The third kappa shape index (κ3) is 4.32. The van der Waals surface area contributed by atoms with Crippen LogP contribution in [0.5, 0.6) is 0 Å². The standard InChI is InChI=1S/C21H26N4O4/c1-3-13(2)18-20(28)24-15-7-5-4-6-14(15)12-25(18)21(29)17-9-8-16(23-17)19(27)22-10-11-26/h4-9,13,18,23,26H,3,10-12H2,1-2H3,(H,22,27)(H,24,28)/t13-,18-/m0/s1. The van der Waals surface area contributed by atoms with E-state index in [1.807, 2.05) is 38.1 Å². The third-order valence-electron chi connectivity index (χ3n) is 5.22. The Morgan fingerprint density at radius 1 is 1.24 bits per heavy atom. The van der Waals surface area contributed by atoms with Gasteiger partial charge in [-0.15, -0.1) is 0 Å². The van der Waals surface area contributed by atoms with Crippen LogP contribution in [0.15, 0.2) is 36.4 Å². The fourth-order valence-electron chi connectivity index (χ4n) is 3.47. The molecule has 1 aromatic heterocycles. The summed E-state index contributed by atoms with van der Waals surface area (Å²) in [6.45, 7) is 4.17. The summed E-state index contributed by atoms with van der Waals surface area (Å²) in [5.74, 6) is -1.01. The average Bonchev–Trinajstić information content (AvgIpc) is 3.16. The number of hydrogen-bond acceptors (Lipinski definition) is 4. The van der Waals surface area contributed by atoms with Crippen LogP contribution in [0.25, 0.3) is 0 Å². The number of hydrogen-bond donors (Lipinski definition) is 4. The molecule has 1 aromatic carbocycles. The Balaban J connectivity index is 1.92. The number of H-pyrrole nitrogens is 1. The molecule has 0 unspecified atom stereocenters. The number of anilines is 1. The molecule has 3 rings (SSSR count). The fraction of sp³-hybridized carbons (Fsp3) is 0.381. The number of benzene rings is 1. The molecule has 29 heavy (non-hydrogen) atoms. The molecule has 0 saturated carbocycles. The zero-order valence-electron chi connectivity index (χ0n) is 16.6. The van der Waals surface area contributed by atoms with Crippen molar-refractivity contribution in [1.29, 1.82) is 0 Å². The van der Waals surface area contributed by atoms with Crippen molar-refractivity contribution < 1.29 is 19.5 Å². The van der Waals surface area contributed by atoms with Crippen molar-refractivity contribution in [2.24, 2.45) is 5.92 Å². The molecule has 1 aliphatic rings. The summed E-state index contributed by atoms with van der Waals surface area (Å²) in [7, 11) is 0. The van der Waals surface area contributed by atoms with Gasteiger partial charge in [0, 0.05) is 18.8 Å². The molecule has 3 amide bonds. The smallest absolute Gasteiger partial charge is 0.271 e. The number of carbonyl (C=O) groups is 3. The van der Waals surface area contributed by atoms with E-state index in [0.29, 0.717) is 5.69 Å². The summed E-state index contributed by atoms with van der Waals surface area (Å²) in [6.07, 6.45) is 0.734. The molecule has 8 heteroatoms. The van der Waals surface area contributed by atoms with Crippen molar-refractivity contribution in [3.05, 3.63) is 53.3 Å². The predicted octanol–water partition coefficient (Wildman–Crippen LogP) is 1.75. The van der Waals surface area contributed by atoms with E-state index in [9.17, 15) is 14.4 Å². The maximum Gasteiger partial charge on any atom is 0.271 e. The maximum absolute atomic E-state index is 13.3. The Morgan fingerprint density at radius 2 is 1.97 bits per heavy atom. The first-order valence-corrected chi connectivity index (χ1v) is 9.74. The highest BCUT2D eigenvalue weighted by molar-refractivity contribution is 6.03. The monoisotopic (exact) mass is 398 g/mol. The Kier molecular flexibility index (Phi) is 6.33. The van der Waals surface area contributed by atoms with E-state index in [4.69, 9.17) is 5.11 Å². The summed E-state index contributed by atoms with van der Waals surface area (Å²) >= 11 is 0. The third-order valence-corrected chi connectivity index (χ3v) is 5.22. The highest BCUT2D eigenvalue weighted by Gasteiger charge is 2.37. The minimum Gasteiger partial charge on any atom is -0.395 e. The van der Waals surface area contributed by atoms with Crippen molar-refractivity contribution in [2.45, 2.75) is 32.9 Å². The quantitative estimate of drug-likeness (QED) is 0.593. The molecular weight excluding hydrogens is 372 g/mol. The predicted molar refractivity (Wildman–Crippen MR) is 108 cm³/mol. The Hall–Kier alpha value is -3.13. The average molecular weight is 398 g/mol. The fourth-order valence-corrected chi connectivity index (χ4v) is 3.47. The van der Waals surface area contributed by atoms with Gasteiger partial charge in [-0.25, -0.2) is 0 Å². The van der Waals surface area contributed by atoms with Crippen molar-refractivity contribution >= 4 is 23.4 Å². The number of nitrogens with one attached hydrogen (secondary N) is 3. The molecule has 2 aromatic rings. The van der Waals surface area contributed by atoms with E-state index in [1.165, 1.54) is 6.07 Å². The SMILES string of the molecule is CC[C@H](C)[C@H]1C(=O)Nc2ccccc2CN1C(=O)c1ccc(C(=O)NCCO)[nH]1. The van der Waals surface area contributed by atoms with Gasteiger partial charge < -0.3 is 25.6 Å². The summed E-state index contributed by atoms with van der Waals surface area (Å²) in [5.41, 5.74) is 2.02. The second kappa shape index (κ2) is 8.91. The molecule has 0 spiro atoms. The van der Waals surface area contributed by atoms with Gasteiger partial charge in [0.1, 0.15) is 17.4 Å². The summed E-state index contributed by atoms with van der Waals surface area (Å²) in [4.78, 5) is 42.8. The lowest BCUT2D eigenvalue weighted by Gasteiger charge is -2.32. The van der Waals surface area contributed by atoms with E-state index in [2.05, 4.69) is 15.6 Å². The molecule has 0 radical (unpaired) electrons. The Bertz CT molecular complexity index is 908. The summed E-state index contributed by atoms with van der Waals surface area (Å²) in [6, 6.07) is 9.86. The number of aliphatic hydroxyl groups is 1. The molecule has 1 aliphatic heterocycles. The number of carbonyl (C=O) groups excluding carboxylic acids is 3. The Morgan fingerprint density at radius 3 is 2.69 bits per heavy atom. The van der Waals surface area contributed by atoms with Crippen LogP contribution >= 0.6 is 0 Å². The molecule has 0 bridgehead atoms. The van der Waals surface area contributed by atoms with Crippen LogP contribution < -0.4 is 10.6 Å². The van der Waals surface area contributed by atoms with Crippen LogP contribution in [0.2, 0.25) is 0 Å². The van der Waals surface area contributed by atoms with E-state index < -0.39 is 11.9 Å². The number of aromatic amines is 1. The van der Waals surface area contributed by atoms with Crippen molar-refractivity contribution in [1.82, 2.24) is 15.2 Å². The van der Waals surface area contributed by atoms with Gasteiger partial charge >= 0.3 is 0 Å². The Labute approximate surface area is 169 Å². The minimum absolute atomic E-state index is 0.0458. The molecule has 0 aliphatic carbocycles. The second-order valence-electron chi connectivity index (χ2n) is 7.18. The molecule has 8 nitrogen and oxygen atoms in total. The van der Waals surface area contributed by atoms with Gasteiger partial charge in [-0.2, -0.15) is 0 Å². The number of aliphatic hydroxyl groups excluding tert-OH is 1. The first-order chi connectivity index (χ1) is 14.0. The van der Waals surface area contributed by atoms with Gasteiger partial charge in [0.05, 0.1) is 6.61 Å². The van der Waals surface area contributed by atoms with Crippen LogP contribution in [0.4, 0.5) is 5.69 Å². The van der Waals surface area contributed by atoms with Gasteiger partial charge in [-0.3, -0.25) is 14.4 Å². The van der Waals surface area contributed by atoms with E-state index in [-0.39, 0.29) is 48.8 Å². The lowest BCUT2D eigenvalue weighted by molar-refractivity contribution is -0.122. The van der Waals surface area contributed by atoms with Crippen LogP contribution in [0, 0.1) is 5.92 Å². The number of amides is 3. The molecule has 154 valence electrons. The molecule has 4 N–H and O–H groups in total. The zero-order valence-corrected chi connectivity index (χ0v) is 16.6. The van der Waals surface area contributed by atoms with E-state index in [0.717, 1.165) is 12.0 Å². The first kappa shape index (κ1) is 20.6.